The van der Waals surface area contributed by atoms with Crippen LogP contribution in [0.3, 0.4) is 0 Å². The maximum Gasteiger partial charge on any atom is 0.272 e. The molecule has 0 atom stereocenters. The minimum Gasteiger partial charge on any atom is -0.316 e. The molecule has 2 aromatic carbocycles. The van der Waals surface area contributed by atoms with E-state index >= 15 is 0 Å². The number of fused-ring (bicyclic) bond motifs is 1. The molecular weight excluding hydrogens is 426 g/mol. The van der Waals surface area contributed by atoms with Crippen LogP contribution in [0.25, 0.3) is 22.9 Å². The van der Waals surface area contributed by atoms with Crippen LogP contribution in [0, 0.1) is 0 Å². The first kappa shape index (κ1) is 21.4. The predicted molar refractivity (Wildman–Crippen MR) is 132 cm³/mol. The van der Waals surface area contributed by atoms with E-state index in [9.17, 15) is 9.59 Å². The van der Waals surface area contributed by atoms with Crippen LogP contribution in [0.1, 0.15) is 10.4 Å². The Morgan fingerprint density at radius 3 is 2.35 bits per heavy atom. The monoisotopic (exact) mass is 449 g/mol. The molecule has 0 unspecified atom stereocenters. The summed E-state index contributed by atoms with van der Waals surface area (Å²) >= 11 is 3.39. The van der Waals surface area contributed by atoms with Gasteiger partial charge in [0.05, 0.1) is 4.21 Å². The van der Waals surface area contributed by atoms with E-state index in [1.807, 2.05) is 54.6 Å². The molecule has 0 fully saturated rings. The van der Waals surface area contributed by atoms with E-state index in [2.05, 4.69) is 29.0 Å². The van der Waals surface area contributed by atoms with Crippen LogP contribution >= 0.6 is 23.1 Å². The summed E-state index contributed by atoms with van der Waals surface area (Å²) in [4.78, 5) is 33.7. The summed E-state index contributed by atoms with van der Waals surface area (Å²) in [5, 5.41) is 2.70. The molecule has 4 aromatic rings. The lowest BCUT2D eigenvalue weighted by Gasteiger charge is -2.07. The van der Waals surface area contributed by atoms with Gasteiger partial charge in [-0.1, -0.05) is 36.4 Å². The molecule has 7 heteroatoms. The van der Waals surface area contributed by atoms with Crippen LogP contribution in [0.15, 0.2) is 68.4 Å². The molecular formula is C24H23N3O2S2. The average Bonchev–Trinajstić information content (AvgIpc) is 3.18. The second kappa shape index (κ2) is 9.51. The number of nitrogens with one attached hydrogen (secondary N) is 2. The van der Waals surface area contributed by atoms with Crippen LogP contribution in [-0.2, 0) is 0 Å². The molecule has 4 rings (SSSR count). The third-order valence-corrected chi connectivity index (χ3v) is 6.98. The van der Waals surface area contributed by atoms with Crippen LogP contribution in [0.5, 0.6) is 0 Å². The molecule has 2 heterocycles. The molecule has 2 aromatic heterocycles. The van der Waals surface area contributed by atoms with Crippen LogP contribution < -0.4 is 21.8 Å². The number of aromatic nitrogens is 2. The van der Waals surface area contributed by atoms with Crippen molar-refractivity contribution < 1.29 is 0 Å². The Balaban J connectivity index is 1.62. The number of benzene rings is 2. The van der Waals surface area contributed by atoms with Gasteiger partial charge in [0.2, 0.25) is 0 Å². The van der Waals surface area contributed by atoms with Crippen molar-refractivity contribution in [1.82, 2.24) is 14.9 Å². The summed E-state index contributed by atoms with van der Waals surface area (Å²) in [6.45, 7) is 1.00. The lowest BCUT2D eigenvalue weighted by Crippen LogP contribution is -2.46. The van der Waals surface area contributed by atoms with Crippen LogP contribution in [-0.4, -0.2) is 41.3 Å². The Labute approximate surface area is 187 Å². The number of nitrogens with zero attached hydrogens (tertiary/aromatic N) is 1. The van der Waals surface area contributed by atoms with Crippen molar-refractivity contribution in [3.63, 3.8) is 0 Å². The highest BCUT2D eigenvalue weighted by molar-refractivity contribution is 8.01. The first-order valence-electron chi connectivity index (χ1n) is 9.90. The summed E-state index contributed by atoms with van der Waals surface area (Å²) in [5.41, 5.74) is 0.215. The molecule has 0 amide bonds. The summed E-state index contributed by atoms with van der Waals surface area (Å²) in [7, 11) is 4.11. The number of H-pyrrole nitrogens is 2. The molecule has 0 aliphatic rings. The minimum atomic E-state index is -0.323. The fourth-order valence-corrected chi connectivity index (χ4v) is 5.40. The van der Waals surface area contributed by atoms with E-state index in [1.165, 1.54) is 4.21 Å². The van der Waals surface area contributed by atoms with E-state index in [4.69, 9.17) is 0 Å². The van der Waals surface area contributed by atoms with Gasteiger partial charge in [-0.25, -0.2) is 0 Å². The Bertz CT molecular complexity index is 1450. The maximum absolute atomic E-state index is 12.6. The van der Waals surface area contributed by atoms with Crippen LogP contribution in [0.4, 0.5) is 0 Å². The highest BCUT2D eigenvalue weighted by atomic mass is 32.2. The summed E-state index contributed by atoms with van der Waals surface area (Å²) < 4.78 is 1.19. The topological polar surface area (TPSA) is 69.0 Å². The largest absolute Gasteiger partial charge is 0.316 e. The lowest BCUT2D eigenvalue weighted by molar-refractivity contribution is 0.437. The first-order valence-corrected chi connectivity index (χ1v) is 11.7. The Morgan fingerprint density at radius 2 is 1.61 bits per heavy atom. The SMILES string of the molecule is CN(C)CCSc1ccc(C=c2[nH]c(=O)c(=Cc3ccc4ccccc4c3)[nH]c2=O)s1. The maximum atomic E-state index is 12.6. The molecule has 0 spiro atoms. The minimum absolute atomic E-state index is 0.239. The summed E-state index contributed by atoms with van der Waals surface area (Å²) in [5.74, 6) is 1.00. The fourth-order valence-electron chi connectivity index (χ4n) is 3.12. The molecule has 0 saturated carbocycles. The Hall–Kier alpha value is -2.87. The number of thiophene rings is 1. The van der Waals surface area contributed by atoms with Gasteiger partial charge < -0.3 is 14.9 Å². The molecule has 0 saturated heterocycles. The van der Waals surface area contributed by atoms with E-state index in [0.29, 0.717) is 0 Å². The van der Waals surface area contributed by atoms with Gasteiger partial charge in [0.25, 0.3) is 11.1 Å². The quantitative estimate of drug-likeness (QED) is 0.444. The van der Waals surface area contributed by atoms with Crippen molar-refractivity contribution in [3.8, 4) is 0 Å². The molecule has 158 valence electrons. The smallest absolute Gasteiger partial charge is 0.272 e. The summed E-state index contributed by atoms with van der Waals surface area (Å²) in [6, 6.07) is 18.0. The van der Waals surface area contributed by atoms with Gasteiger partial charge in [-0.3, -0.25) is 9.59 Å². The van der Waals surface area contributed by atoms with Gasteiger partial charge in [-0.2, -0.15) is 0 Å². The van der Waals surface area contributed by atoms with Crippen molar-refractivity contribution in [2.75, 3.05) is 26.4 Å². The van der Waals surface area contributed by atoms with Crippen molar-refractivity contribution in [2.24, 2.45) is 0 Å². The van der Waals surface area contributed by atoms with Crippen molar-refractivity contribution in [3.05, 3.63) is 96.4 Å². The van der Waals surface area contributed by atoms with Crippen LogP contribution in [0.2, 0.25) is 0 Å². The zero-order chi connectivity index (χ0) is 21.8. The lowest BCUT2D eigenvalue weighted by atomic mass is 10.1. The van der Waals surface area contributed by atoms with Gasteiger partial charge in [0.15, 0.2) is 0 Å². The van der Waals surface area contributed by atoms with Crippen molar-refractivity contribution in [2.45, 2.75) is 4.21 Å². The Kier molecular flexibility index (Phi) is 6.56. The van der Waals surface area contributed by atoms with E-state index in [1.54, 1.807) is 35.3 Å². The fraction of sp³-hybridized carbons (Fsp3) is 0.167. The van der Waals surface area contributed by atoms with E-state index in [-0.39, 0.29) is 21.8 Å². The van der Waals surface area contributed by atoms with Gasteiger partial charge in [-0.05, 0) is 60.8 Å². The van der Waals surface area contributed by atoms with Gasteiger partial charge >= 0.3 is 0 Å². The highest BCUT2D eigenvalue weighted by Crippen LogP contribution is 2.27. The molecule has 0 aliphatic carbocycles. The molecule has 5 nitrogen and oxygen atoms in total. The standard InChI is InChI=1S/C24H23N3O2S2/c1-27(2)11-12-30-22-10-9-19(31-22)15-21-24(29)25-20(23(28)26-21)14-16-7-8-17-5-3-4-6-18(17)13-16/h3-10,13-15H,11-12H2,1-2H3,(H,25,29)(H,26,28). The number of rotatable bonds is 6. The third-order valence-electron chi connectivity index (χ3n) is 4.74. The second-order valence-electron chi connectivity index (χ2n) is 7.44. The molecule has 0 aliphatic heterocycles. The number of thioether (sulfide) groups is 1. The van der Waals surface area contributed by atoms with Crippen molar-refractivity contribution >= 4 is 46.0 Å². The van der Waals surface area contributed by atoms with E-state index < -0.39 is 0 Å². The van der Waals surface area contributed by atoms with Crippen molar-refractivity contribution in [1.29, 1.82) is 0 Å². The van der Waals surface area contributed by atoms with Gasteiger partial charge in [0, 0.05) is 17.2 Å². The van der Waals surface area contributed by atoms with Gasteiger partial charge in [0.1, 0.15) is 10.7 Å². The molecule has 31 heavy (non-hydrogen) atoms. The zero-order valence-electron chi connectivity index (χ0n) is 17.3. The Morgan fingerprint density at radius 1 is 0.903 bits per heavy atom. The normalized spacial score (nSPS) is 12.9. The predicted octanol–water partition coefficient (Wildman–Crippen LogP) is 2.59. The highest BCUT2D eigenvalue weighted by Gasteiger charge is 2.02. The summed E-state index contributed by atoms with van der Waals surface area (Å²) in [6.07, 6.45) is 3.42. The third kappa shape index (κ3) is 5.44. The first-order chi connectivity index (χ1) is 15.0. The number of hydrogen-bond acceptors (Lipinski definition) is 5. The molecule has 2 N–H and O–H groups in total. The average molecular weight is 450 g/mol. The van der Waals surface area contributed by atoms with E-state index in [0.717, 1.165) is 33.5 Å². The number of hydrogen-bond donors (Lipinski definition) is 2. The zero-order valence-corrected chi connectivity index (χ0v) is 19.0. The second-order valence-corrected chi connectivity index (χ2v) is 9.95. The van der Waals surface area contributed by atoms with Gasteiger partial charge in [-0.15, -0.1) is 23.1 Å². The molecule has 0 radical (unpaired) electrons. The number of aromatic amines is 2. The molecule has 0 bridgehead atoms.